The van der Waals surface area contributed by atoms with Gasteiger partial charge < -0.3 is 23.8 Å². The fourth-order valence-electron chi connectivity index (χ4n) is 4.68. The van der Waals surface area contributed by atoms with Crippen LogP contribution in [0.4, 0.5) is 0 Å². The first-order chi connectivity index (χ1) is 15.9. The first-order valence-electron chi connectivity index (χ1n) is 11.3. The van der Waals surface area contributed by atoms with Crippen LogP contribution in [0.3, 0.4) is 0 Å². The van der Waals surface area contributed by atoms with Gasteiger partial charge in [-0.1, -0.05) is 22.8 Å². The van der Waals surface area contributed by atoms with Crippen molar-refractivity contribution in [3.8, 4) is 5.75 Å². The molecule has 0 spiro atoms. The van der Waals surface area contributed by atoms with Crippen LogP contribution in [0.25, 0.3) is 0 Å². The second-order valence-electron chi connectivity index (χ2n) is 8.95. The van der Waals surface area contributed by atoms with Crippen molar-refractivity contribution in [1.29, 1.82) is 0 Å². The Hall–Kier alpha value is -2.58. The number of halogens is 1. The fourth-order valence-corrected chi connectivity index (χ4v) is 4.86. The molecule has 2 aromatic rings. The molecule has 1 aromatic carbocycles. The summed E-state index contributed by atoms with van der Waals surface area (Å²) in [7, 11) is 0. The van der Waals surface area contributed by atoms with Crippen molar-refractivity contribution in [2.45, 2.75) is 33.1 Å². The number of amides is 2. The largest absolute Gasteiger partial charge is 0.493 e. The number of carbonyl (C=O) groups is 2. The normalized spacial score (nSPS) is 21.2. The van der Waals surface area contributed by atoms with Crippen LogP contribution in [0.15, 0.2) is 28.8 Å². The summed E-state index contributed by atoms with van der Waals surface area (Å²) in [5, 5.41) is 4.52. The van der Waals surface area contributed by atoms with E-state index in [9.17, 15) is 9.59 Å². The molecule has 0 aliphatic carbocycles. The van der Waals surface area contributed by atoms with E-state index in [0.29, 0.717) is 80.2 Å². The molecule has 8 nitrogen and oxygen atoms in total. The molecule has 0 saturated carbocycles. The van der Waals surface area contributed by atoms with Crippen molar-refractivity contribution in [3.63, 3.8) is 0 Å². The summed E-state index contributed by atoms with van der Waals surface area (Å²) in [6.45, 7) is 7.15. The van der Waals surface area contributed by atoms with Crippen molar-refractivity contribution >= 4 is 23.4 Å². The van der Waals surface area contributed by atoms with E-state index >= 15 is 0 Å². The maximum Gasteiger partial charge on any atom is 0.259 e. The second-order valence-corrected chi connectivity index (χ2v) is 9.38. The van der Waals surface area contributed by atoms with E-state index in [1.54, 1.807) is 26.0 Å². The van der Waals surface area contributed by atoms with Crippen LogP contribution >= 0.6 is 11.6 Å². The molecule has 178 valence electrons. The molecule has 0 N–H and O–H groups in total. The lowest BCUT2D eigenvalue weighted by Gasteiger charge is -2.43. The molecule has 3 heterocycles. The number of hydrogen-bond acceptors (Lipinski definition) is 6. The summed E-state index contributed by atoms with van der Waals surface area (Å²) in [6, 6.07) is 7.22. The fraction of sp³-hybridized carbons (Fsp3) is 0.542. The number of nitrogens with zero attached hydrogens (tertiary/aromatic N) is 3. The van der Waals surface area contributed by atoms with Crippen molar-refractivity contribution < 1.29 is 23.6 Å². The number of carbonyl (C=O) groups excluding carboxylic acids is 2. The van der Waals surface area contributed by atoms with Gasteiger partial charge in [0.15, 0.2) is 0 Å². The lowest BCUT2D eigenvalue weighted by atomic mass is 9.77. The van der Waals surface area contributed by atoms with Crippen LogP contribution in [0.2, 0.25) is 5.02 Å². The van der Waals surface area contributed by atoms with Crippen LogP contribution in [0.5, 0.6) is 5.75 Å². The van der Waals surface area contributed by atoms with Crippen LogP contribution < -0.4 is 4.74 Å². The highest BCUT2D eigenvalue weighted by molar-refractivity contribution is 6.30. The standard InChI is InChI=1S/C24H30ClN3O5/c1-17-22(18(2)33-26-17)23(30)28-8-4-7-24(15-28,14-21(29)27-9-11-31-12-10-27)16-32-20-6-3-5-19(25)13-20/h3,5-6,13H,4,7-12,14-16H2,1-2H3. The molecular weight excluding hydrogens is 446 g/mol. The lowest BCUT2D eigenvalue weighted by Crippen LogP contribution is -2.52. The average Bonchev–Trinajstić information content (AvgIpc) is 3.16. The van der Waals surface area contributed by atoms with Crippen molar-refractivity contribution in [3.05, 3.63) is 46.3 Å². The Morgan fingerprint density at radius 1 is 1.18 bits per heavy atom. The summed E-state index contributed by atoms with van der Waals surface area (Å²) < 4.78 is 16.7. The quantitative estimate of drug-likeness (QED) is 0.635. The summed E-state index contributed by atoms with van der Waals surface area (Å²) in [5.41, 5.74) is 0.569. The molecule has 1 atom stereocenters. The minimum Gasteiger partial charge on any atom is -0.493 e. The van der Waals surface area contributed by atoms with Crippen LogP contribution in [0.1, 0.15) is 41.1 Å². The molecular formula is C24H30ClN3O5. The number of piperidine rings is 1. The predicted octanol–water partition coefficient (Wildman–Crippen LogP) is 3.50. The molecule has 9 heteroatoms. The number of benzene rings is 1. The van der Waals surface area contributed by atoms with E-state index in [2.05, 4.69) is 5.16 Å². The molecule has 2 amide bonds. The first-order valence-corrected chi connectivity index (χ1v) is 11.7. The molecule has 2 fully saturated rings. The van der Waals surface area contributed by atoms with Gasteiger partial charge in [0.2, 0.25) is 5.91 Å². The van der Waals surface area contributed by atoms with Crippen LogP contribution in [-0.2, 0) is 9.53 Å². The van der Waals surface area contributed by atoms with Gasteiger partial charge >= 0.3 is 0 Å². The van der Waals surface area contributed by atoms with Gasteiger partial charge in [-0.3, -0.25) is 9.59 Å². The van der Waals surface area contributed by atoms with Crippen molar-refractivity contribution in [1.82, 2.24) is 15.0 Å². The van der Waals surface area contributed by atoms with Crippen LogP contribution in [-0.4, -0.2) is 72.8 Å². The molecule has 33 heavy (non-hydrogen) atoms. The van der Waals surface area contributed by atoms with E-state index in [0.717, 1.165) is 12.8 Å². The molecule has 2 saturated heterocycles. The van der Waals surface area contributed by atoms with E-state index in [-0.39, 0.29) is 11.8 Å². The Bertz CT molecular complexity index is 984. The third-order valence-electron chi connectivity index (χ3n) is 6.43. The number of ether oxygens (including phenoxy) is 2. The average molecular weight is 476 g/mol. The topological polar surface area (TPSA) is 85.1 Å². The third-order valence-corrected chi connectivity index (χ3v) is 6.66. The van der Waals surface area contributed by atoms with Gasteiger partial charge in [-0.15, -0.1) is 0 Å². The number of rotatable bonds is 6. The summed E-state index contributed by atoms with van der Waals surface area (Å²) >= 11 is 6.12. The molecule has 2 aliphatic heterocycles. The van der Waals surface area contributed by atoms with E-state index in [1.165, 1.54) is 0 Å². The zero-order valence-corrected chi connectivity index (χ0v) is 19.9. The lowest BCUT2D eigenvalue weighted by molar-refractivity contribution is -0.139. The maximum absolute atomic E-state index is 13.4. The van der Waals surface area contributed by atoms with Gasteiger partial charge in [-0.25, -0.2) is 0 Å². The monoisotopic (exact) mass is 475 g/mol. The third kappa shape index (κ3) is 5.50. The van der Waals surface area contributed by atoms with E-state index < -0.39 is 5.41 Å². The number of aromatic nitrogens is 1. The van der Waals surface area contributed by atoms with Gasteiger partial charge in [0.05, 0.1) is 25.5 Å². The molecule has 1 unspecified atom stereocenters. The zero-order valence-electron chi connectivity index (χ0n) is 19.1. The highest BCUT2D eigenvalue weighted by atomic mass is 35.5. The highest BCUT2D eigenvalue weighted by Crippen LogP contribution is 2.36. The van der Waals surface area contributed by atoms with Crippen molar-refractivity contribution in [2.24, 2.45) is 5.41 Å². The number of morpholine rings is 1. The number of hydrogen-bond donors (Lipinski definition) is 0. The Kier molecular flexibility index (Phi) is 7.24. The van der Waals surface area contributed by atoms with E-state index in [4.69, 9.17) is 25.6 Å². The van der Waals surface area contributed by atoms with Gasteiger partial charge in [-0.2, -0.15) is 0 Å². The Balaban J connectivity index is 1.55. The minimum atomic E-state index is -0.509. The molecule has 0 bridgehead atoms. The molecule has 2 aliphatic rings. The van der Waals surface area contributed by atoms with E-state index in [1.807, 2.05) is 21.9 Å². The highest BCUT2D eigenvalue weighted by Gasteiger charge is 2.42. The summed E-state index contributed by atoms with van der Waals surface area (Å²) in [4.78, 5) is 30.2. The van der Waals surface area contributed by atoms with Gasteiger partial charge in [0.25, 0.3) is 5.91 Å². The number of likely N-dealkylation sites (tertiary alicyclic amines) is 1. The number of aryl methyl sites for hydroxylation is 2. The predicted molar refractivity (Wildman–Crippen MR) is 123 cm³/mol. The Morgan fingerprint density at radius 3 is 2.67 bits per heavy atom. The van der Waals surface area contributed by atoms with Gasteiger partial charge in [0, 0.05) is 43.0 Å². The smallest absolute Gasteiger partial charge is 0.259 e. The van der Waals surface area contributed by atoms with Crippen LogP contribution in [0, 0.1) is 19.3 Å². The molecule has 0 radical (unpaired) electrons. The summed E-state index contributed by atoms with van der Waals surface area (Å²) in [6.07, 6.45) is 1.87. The van der Waals surface area contributed by atoms with Crippen molar-refractivity contribution in [2.75, 3.05) is 46.0 Å². The maximum atomic E-state index is 13.4. The first kappa shape index (κ1) is 23.6. The second kappa shape index (κ2) is 10.1. The SMILES string of the molecule is Cc1noc(C)c1C(=O)N1CCCC(COc2cccc(Cl)c2)(CC(=O)N2CCOCC2)C1. The minimum absolute atomic E-state index is 0.0691. The van der Waals surface area contributed by atoms with Gasteiger partial charge in [0.1, 0.15) is 17.1 Å². The summed E-state index contributed by atoms with van der Waals surface area (Å²) in [5.74, 6) is 1.11. The Labute approximate surface area is 198 Å². The Morgan fingerprint density at radius 2 is 1.97 bits per heavy atom. The molecule has 4 rings (SSSR count). The molecule has 1 aromatic heterocycles. The van der Waals surface area contributed by atoms with Gasteiger partial charge in [-0.05, 0) is 44.9 Å². The zero-order chi connectivity index (χ0) is 23.4.